The minimum atomic E-state index is -0.905. The Bertz CT molecular complexity index is 649. The first-order valence-electron chi connectivity index (χ1n) is 9.04. The molecule has 134 valence electrons. The van der Waals surface area contributed by atoms with E-state index in [0.717, 1.165) is 17.7 Å². The second-order valence-electron chi connectivity index (χ2n) is 6.94. The van der Waals surface area contributed by atoms with Crippen LogP contribution in [0.2, 0.25) is 0 Å². The molecule has 0 amide bonds. The van der Waals surface area contributed by atoms with Crippen molar-refractivity contribution in [3.05, 3.63) is 65.7 Å². The summed E-state index contributed by atoms with van der Waals surface area (Å²) < 4.78 is 6.24. The number of carboxylic acid groups (broad SMARTS) is 1. The Morgan fingerprint density at radius 3 is 2.16 bits per heavy atom. The van der Waals surface area contributed by atoms with Gasteiger partial charge in [-0.05, 0) is 54.5 Å². The van der Waals surface area contributed by atoms with Crippen molar-refractivity contribution in [3.63, 3.8) is 0 Å². The predicted octanol–water partition coefficient (Wildman–Crippen LogP) is 5.97. The Morgan fingerprint density at radius 1 is 0.960 bits per heavy atom. The first kappa shape index (κ1) is 19.0. The fraction of sp³-hybridized carbons (Fsp3) is 0.409. The summed E-state index contributed by atoms with van der Waals surface area (Å²) in [5, 5.41) is 9.09. The maximum absolute atomic E-state index is 11.1. The van der Waals surface area contributed by atoms with Crippen molar-refractivity contribution in [2.75, 3.05) is 0 Å². The van der Waals surface area contributed by atoms with Gasteiger partial charge in [-0.2, -0.15) is 0 Å². The summed E-state index contributed by atoms with van der Waals surface area (Å²) in [6, 6.07) is 16.8. The van der Waals surface area contributed by atoms with Crippen molar-refractivity contribution >= 4 is 5.97 Å². The van der Waals surface area contributed by atoms with Crippen LogP contribution in [0, 0.1) is 11.8 Å². The molecule has 0 spiro atoms. The molecule has 3 heteroatoms. The Balaban J connectivity index is 2.17. The maximum atomic E-state index is 11.1. The summed E-state index contributed by atoms with van der Waals surface area (Å²) in [5.74, 6) is 1.16. The van der Waals surface area contributed by atoms with Crippen LogP contribution in [0.25, 0.3) is 0 Å². The minimum absolute atomic E-state index is 0.0794. The van der Waals surface area contributed by atoms with Crippen LogP contribution in [0.3, 0.4) is 0 Å². The summed E-state index contributed by atoms with van der Waals surface area (Å²) in [7, 11) is 0. The third kappa shape index (κ3) is 5.93. The van der Waals surface area contributed by atoms with Crippen molar-refractivity contribution in [3.8, 4) is 5.75 Å². The lowest BCUT2D eigenvalue weighted by molar-refractivity contribution is 0.0696. The van der Waals surface area contributed by atoms with Gasteiger partial charge in [0, 0.05) is 0 Å². The molecule has 3 atom stereocenters. The van der Waals surface area contributed by atoms with Crippen LogP contribution in [0.15, 0.2) is 54.6 Å². The SMILES string of the molecule is CCC(C)CC(C)CC(Oc1ccccc1)c1ccc(C(=O)O)cc1. The molecule has 0 saturated carbocycles. The summed E-state index contributed by atoms with van der Waals surface area (Å²) in [5.41, 5.74) is 1.32. The summed E-state index contributed by atoms with van der Waals surface area (Å²) in [6.45, 7) is 6.77. The molecule has 0 aliphatic heterocycles. The molecule has 0 radical (unpaired) electrons. The fourth-order valence-corrected chi connectivity index (χ4v) is 3.07. The van der Waals surface area contributed by atoms with Gasteiger partial charge in [0.05, 0.1) is 5.56 Å². The zero-order valence-electron chi connectivity index (χ0n) is 15.3. The number of hydrogen-bond donors (Lipinski definition) is 1. The lowest BCUT2D eigenvalue weighted by Crippen LogP contribution is -2.14. The Hall–Kier alpha value is -2.29. The van der Waals surface area contributed by atoms with Gasteiger partial charge in [-0.3, -0.25) is 0 Å². The topological polar surface area (TPSA) is 46.5 Å². The highest BCUT2D eigenvalue weighted by atomic mass is 16.5. The molecule has 3 nitrogen and oxygen atoms in total. The van der Waals surface area contributed by atoms with E-state index in [1.54, 1.807) is 12.1 Å². The minimum Gasteiger partial charge on any atom is -0.486 e. The van der Waals surface area contributed by atoms with E-state index in [9.17, 15) is 4.79 Å². The van der Waals surface area contributed by atoms with Crippen LogP contribution in [-0.2, 0) is 0 Å². The normalized spacial score (nSPS) is 14.5. The van der Waals surface area contributed by atoms with Crippen LogP contribution in [0.4, 0.5) is 0 Å². The molecule has 0 aromatic heterocycles. The smallest absolute Gasteiger partial charge is 0.335 e. The number of benzene rings is 2. The number of rotatable bonds is 9. The van der Waals surface area contributed by atoms with Gasteiger partial charge in [0.15, 0.2) is 0 Å². The van der Waals surface area contributed by atoms with E-state index in [-0.39, 0.29) is 6.10 Å². The predicted molar refractivity (Wildman–Crippen MR) is 101 cm³/mol. The standard InChI is InChI=1S/C22H28O3/c1-4-16(2)14-17(3)15-21(25-20-8-6-5-7-9-20)18-10-12-19(13-11-18)22(23)24/h5-13,16-17,21H,4,14-15H2,1-3H3,(H,23,24). The maximum Gasteiger partial charge on any atom is 0.335 e. The summed E-state index contributed by atoms with van der Waals surface area (Å²) in [6.07, 6.45) is 3.18. The number of para-hydroxylation sites is 1. The Morgan fingerprint density at radius 2 is 1.60 bits per heavy atom. The van der Waals surface area contributed by atoms with E-state index in [1.807, 2.05) is 42.5 Å². The Labute approximate surface area is 150 Å². The molecular weight excluding hydrogens is 312 g/mol. The van der Waals surface area contributed by atoms with Crippen LogP contribution in [-0.4, -0.2) is 11.1 Å². The molecular formula is C22H28O3. The monoisotopic (exact) mass is 340 g/mol. The summed E-state index contributed by atoms with van der Waals surface area (Å²) >= 11 is 0. The average Bonchev–Trinajstić information content (AvgIpc) is 2.62. The number of ether oxygens (including phenoxy) is 1. The van der Waals surface area contributed by atoms with Crippen LogP contribution in [0.5, 0.6) is 5.75 Å². The molecule has 2 aromatic carbocycles. The molecule has 1 N–H and O–H groups in total. The van der Waals surface area contributed by atoms with Crippen molar-refractivity contribution < 1.29 is 14.6 Å². The van der Waals surface area contributed by atoms with Gasteiger partial charge < -0.3 is 9.84 Å². The van der Waals surface area contributed by atoms with Crippen LogP contribution in [0.1, 0.15) is 62.1 Å². The van der Waals surface area contributed by atoms with Gasteiger partial charge >= 0.3 is 5.97 Å². The van der Waals surface area contributed by atoms with Crippen LogP contribution >= 0.6 is 0 Å². The molecule has 0 aliphatic carbocycles. The van der Waals surface area contributed by atoms with E-state index in [1.165, 1.54) is 12.8 Å². The lowest BCUT2D eigenvalue weighted by atomic mass is 9.89. The van der Waals surface area contributed by atoms with Gasteiger partial charge in [0.1, 0.15) is 11.9 Å². The highest BCUT2D eigenvalue weighted by Crippen LogP contribution is 2.30. The fourth-order valence-electron chi connectivity index (χ4n) is 3.07. The number of aromatic carboxylic acids is 1. The third-order valence-electron chi connectivity index (χ3n) is 4.67. The second-order valence-corrected chi connectivity index (χ2v) is 6.94. The lowest BCUT2D eigenvalue weighted by Gasteiger charge is -2.24. The number of hydrogen-bond acceptors (Lipinski definition) is 2. The third-order valence-corrected chi connectivity index (χ3v) is 4.67. The van der Waals surface area contributed by atoms with Gasteiger partial charge in [-0.1, -0.05) is 57.5 Å². The highest BCUT2D eigenvalue weighted by molar-refractivity contribution is 5.87. The molecule has 0 heterocycles. The molecule has 0 bridgehead atoms. The van der Waals surface area contributed by atoms with Crippen molar-refractivity contribution in [1.82, 2.24) is 0 Å². The molecule has 0 aliphatic rings. The Kier molecular flexibility index (Phi) is 7.05. The number of carboxylic acids is 1. The van der Waals surface area contributed by atoms with Gasteiger partial charge in [-0.15, -0.1) is 0 Å². The second kappa shape index (κ2) is 9.26. The van der Waals surface area contributed by atoms with E-state index in [0.29, 0.717) is 17.4 Å². The number of carbonyl (C=O) groups is 1. The summed E-state index contributed by atoms with van der Waals surface area (Å²) in [4.78, 5) is 11.1. The van der Waals surface area contributed by atoms with Gasteiger partial charge in [0.2, 0.25) is 0 Å². The van der Waals surface area contributed by atoms with E-state index < -0.39 is 5.97 Å². The molecule has 25 heavy (non-hydrogen) atoms. The van der Waals surface area contributed by atoms with E-state index in [2.05, 4.69) is 20.8 Å². The zero-order chi connectivity index (χ0) is 18.2. The van der Waals surface area contributed by atoms with Gasteiger partial charge in [-0.25, -0.2) is 4.79 Å². The average molecular weight is 340 g/mol. The first-order chi connectivity index (χ1) is 12.0. The molecule has 0 saturated heterocycles. The first-order valence-corrected chi connectivity index (χ1v) is 9.04. The van der Waals surface area contributed by atoms with E-state index in [4.69, 9.17) is 9.84 Å². The van der Waals surface area contributed by atoms with Crippen LogP contribution < -0.4 is 4.74 Å². The quantitative estimate of drug-likeness (QED) is 0.612. The molecule has 3 unspecified atom stereocenters. The molecule has 0 fully saturated rings. The largest absolute Gasteiger partial charge is 0.486 e. The highest BCUT2D eigenvalue weighted by Gasteiger charge is 2.19. The van der Waals surface area contributed by atoms with Crippen molar-refractivity contribution in [2.45, 2.75) is 46.1 Å². The van der Waals surface area contributed by atoms with E-state index >= 15 is 0 Å². The molecule has 2 rings (SSSR count). The molecule has 2 aromatic rings. The zero-order valence-corrected chi connectivity index (χ0v) is 15.3. The van der Waals surface area contributed by atoms with Gasteiger partial charge in [0.25, 0.3) is 0 Å². The van der Waals surface area contributed by atoms with Crippen molar-refractivity contribution in [2.24, 2.45) is 11.8 Å². The van der Waals surface area contributed by atoms with Crippen molar-refractivity contribution in [1.29, 1.82) is 0 Å².